The highest BCUT2D eigenvalue weighted by Crippen LogP contribution is 2.30. The van der Waals surface area contributed by atoms with Gasteiger partial charge in [0.05, 0.1) is 11.0 Å². The standard InChI is InChI=1S/C15H23FN2Si/c1-6-11(10-19(3,4)5)15-17-13-9-12(16)7-8-14(13)18(15)2/h7-9,11H,6,10H2,1-5H3. The molecule has 0 amide bonds. The van der Waals surface area contributed by atoms with Crippen molar-refractivity contribution >= 4 is 19.1 Å². The molecule has 4 heteroatoms. The molecule has 1 aromatic heterocycles. The largest absolute Gasteiger partial charge is 0.331 e. The van der Waals surface area contributed by atoms with Crippen molar-refractivity contribution in [2.45, 2.75) is 44.9 Å². The van der Waals surface area contributed by atoms with Gasteiger partial charge in [-0.1, -0.05) is 26.6 Å². The number of imidazole rings is 1. The second-order valence-corrected chi connectivity index (χ2v) is 12.1. The normalized spacial score (nSPS) is 14.0. The third-order valence-corrected chi connectivity index (χ3v) is 5.31. The monoisotopic (exact) mass is 278 g/mol. The van der Waals surface area contributed by atoms with Gasteiger partial charge in [-0.25, -0.2) is 9.37 Å². The SMILES string of the molecule is CCC(C[Si](C)(C)C)c1nc2cc(F)ccc2n1C. The molecule has 2 aromatic rings. The average molecular weight is 278 g/mol. The lowest BCUT2D eigenvalue weighted by molar-refractivity contribution is 0.629. The zero-order valence-corrected chi connectivity index (χ0v) is 13.5. The van der Waals surface area contributed by atoms with Crippen molar-refractivity contribution in [1.29, 1.82) is 0 Å². The van der Waals surface area contributed by atoms with Crippen molar-refractivity contribution in [3.63, 3.8) is 0 Å². The molecular weight excluding hydrogens is 255 g/mol. The van der Waals surface area contributed by atoms with Gasteiger partial charge in [-0.3, -0.25) is 0 Å². The molecule has 0 N–H and O–H groups in total. The van der Waals surface area contributed by atoms with E-state index in [9.17, 15) is 4.39 Å². The summed E-state index contributed by atoms with van der Waals surface area (Å²) >= 11 is 0. The molecule has 2 rings (SSSR count). The molecule has 0 aliphatic carbocycles. The van der Waals surface area contributed by atoms with Crippen LogP contribution >= 0.6 is 0 Å². The van der Waals surface area contributed by atoms with Gasteiger partial charge in [0, 0.05) is 27.1 Å². The van der Waals surface area contributed by atoms with E-state index in [1.54, 1.807) is 0 Å². The van der Waals surface area contributed by atoms with Crippen LogP contribution in [0.3, 0.4) is 0 Å². The fraction of sp³-hybridized carbons (Fsp3) is 0.533. The lowest BCUT2D eigenvalue weighted by Gasteiger charge is -2.23. The molecule has 1 aromatic carbocycles. The fourth-order valence-electron chi connectivity index (χ4n) is 2.71. The van der Waals surface area contributed by atoms with Crippen LogP contribution in [0.4, 0.5) is 4.39 Å². The number of fused-ring (bicyclic) bond motifs is 1. The Hall–Kier alpha value is -1.16. The Bertz CT molecular complexity index is 584. The number of hydrogen-bond acceptors (Lipinski definition) is 1. The third kappa shape index (κ3) is 3.05. The van der Waals surface area contributed by atoms with Crippen LogP contribution in [-0.2, 0) is 7.05 Å². The summed E-state index contributed by atoms with van der Waals surface area (Å²) in [7, 11) is 0.903. The van der Waals surface area contributed by atoms with Crippen LogP contribution in [0.2, 0.25) is 25.7 Å². The van der Waals surface area contributed by atoms with Gasteiger partial charge in [-0.2, -0.15) is 0 Å². The van der Waals surface area contributed by atoms with E-state index in [0.29, 0.717) is 5.92 Å². The molecule has 0 saturated heterocycles. The topological polar surface area (TPSA) is 17.8 Å². The average Bonchev–Trinajstić information content (AvgIpc) is 2.62. The van der Waals surface area contributed by atoms with Crippen molar-refractivity contribution in [3.05, 3.63) is 29.8 Å². The molecule has 0 aliphatic heterocycles. The molecule has 1 atom stereocenters. The second kappa shape index (κ2) is 5.08. The molecular formula is C15H23FN2Si. The molecule has 2 nitrogen and oxygen atoms in total. The smallest absolute Gasteiger partial charge is 0.125 e. The predicted octanol–water partition coefficient (Wildman–Crippen LogP) is 4.54. The van der Waals surface area contributed by atoms with Crippen molar-refractivity contribution in [1.82, 2.24) is 9.55 Å². The second-order valence-electron chi connectivity index (χ2n) is 6.53. The molecule has 0 fully saturated rings. The molecule has 0 saturated carbocycles. The number of rotatable bonds is 4. The van der Waals surface area contributed by atoms with Crippen LogP contribution in [0.5, 0.6) is 0 Å². The Morgan fingerprint density at radius 2 is 2.00 bits per heavy atom. The Morgan fingerprint density at radius 1 is 1.32 bits per heavy atom. The zero-order chi connectivity index (χ0) is 14.2. The van der Waals surface area contributed by atoms with Gasteiger partial charge in [0.25, 0.3) is 0 Å². The summed E-state index contributed by atoms with van der Waals surface area (Å²) in [6.07, 6.45) is 1.09. The molecule has 0 bridgehead atoms. The first-order valence-corrected chi connectivity index (χ1v) is 10.6. The summed E-state index contributed by atoms with van der Waals surface area (Å²) in [6, 6.07) is 6.08. The van der Waals surface area contributed by atoms with Crippen molar-refractivity contribution < 1.29 is 4.39 Å². The van der Waals surface area contributed by atoms with Crippen LogP contribution in [0, 0.1) is 5.82 Å². The van der Waals surface area contributed by atoms with E-state index >= 15 is 0 Å². The van der Waals surface area contributed by atoms with Gasteiger partial charge in [0.1, 0.15) is 11.6 Å². The third-order valence-electron chi connectivity index (χ3n) is 3.59. The highest BCUT2D eigenvalue weighted by Gasteiger charge is 2.24. The number of halogens is 1. The molecule has 0 radical (unpaired) electrons. The molecule has 1 heterocycles. The Balaban J connectivity index is 2.46. The Morgan fingerprint density at radius 3 is 2.58 bits per heavy atom. The number of aromatic nitrogens is 2. The van der Waals surface area contributed by atoms with Crippen molar-refractivity contribution in [3.8, 4) is 0 Å². The minimum Gasteiger partial charge on any atom is -0.331 e. The van der Waals surface area contributed by atoms with Gasteiger partial charge >= 0.3 is 0 Å². The summed E-state index contributed by atoms with van der Waals surface area (Å²) in [5, 5.41) is 0. The number of aryl methyl sites for hydroxylation is 1. The summed E-state index contributed by atoms with van der Waals surface area (Å²) in [5.41, 5.74) is 1.79. The molecule has 19 heavy (non-hydrogen) atoms. The zero-order valence-electron chi connectivity index (χ0n) is 12.5. The highest BCUT2D eigenvalue weighted by molar-refractivity contribution is 6.76. The van der Waals surface area contributed by atoms with E-state index in [0.717, 1.165) is 23.3 Å². The number of hydrogen-bond donors (Lipinski definition) is 0. The number of nitrogens with zero attached hydrogens (tertiary/aromatic N) is 2. The van der Waals surface area contributed by atoms with Crippen molar-refractivity contribution in [2.75, 3.05) is 0 Å². The van der Waals surface area contributed by atoms with Gasteiger partial charge < -0.3 is 4.57 Å². The molecule has 1 unspecified atom stereocenters. The van der Waals surface area contributed by atoms with Crippen LogP contribution in [-0.4, -0.2) is 17.6 Å². The lowest BCUT2D eigenvalue weighted by Crippen LogP contribution is -2.24. The summed E-state index contributed by atoms with van der Waals surface area (Å²) < 4.78 is 15.4. The van der Waals surface area contributed by atoms with E-state index in [4.69, 9.17) is 0 Å². The van der Waals surface area contributed by atoms with Gasteiger partial charge in [-0.15, -0.1) is 0 Å². The maximum absolute atomic E-state index is 13.3. The van der Waals surface area contributed by atoms with E-state index in [1.165, 1.54) is 18.2 Å². The van der Waals surface area contributed by atoms with E-state index in [2.05, 4.69) is 36.1 Å². The number of benzene rings is 1. The van der Waals surface area contributed by atoms with Gasteiger partial charge in [-0.05, 0) is 24.6 Å². The lowest BCUT2D eigenvalue weighted by atomic mass is 10.1. The summed E-state index contributed by atoms with van der Waals surface area (Å²) in [5.74, 6) is 1.37. The minimum atomic E-state index is -1.13. The first kappa shape index (κ1) is 14.3. The van der Waals surface area contributed by atoms with Gasteiger partial charge in [0.2, 0.25) is 0 Å². The summed E-state index contributed by atoms with van der Waals surface area (Å²) in [6.45, 7) is 9.37. The van der Waals surface area contributed by atoms with E-state index in [-0.39, 0.29) is 5.82 Å². The maximum Gasteiger partial charge on any atom is 0.125 e. The maximum atomic E-state index is 13.3. The minimum absolute atomic E-state index is 0.213. The van der Waals surface area contributed by atoms with E-state index < -0.39 is 8.07 Å². The molecule has 0 spiro atoms. The predicted molar refractivity (Wildman–Crippen MR) is 81.9 cm³/mol. The van der Waals surface area contributed by atoms with Gasteiger partial charge in [0.15, 0.2) is 0 Å². The van der Waals surface area contributed by atoms with Crippen LogP contribution in [0.15, 0.2) is 18.2 Å². The highest BCUT2D eigenvalue weighted by atomic mass is 28.3. The Labute approximate surface area is 115 Å². The van der Waals surface area contributed by atoms with Crippen LogP contribution < -0.4 is 0 Å². The molecule has 104 valence electrons. The van der Waals surface area contributed by atoms with Crippen molar-refractivity contribution in [2.24, 2.45) is 7.05 Å². The van der Waals surface area contributed by atoms with Crippen LogP contribution in [0.25, 0.3) is 11.0 Å². The quantitative estimate of drug-likeness (QED) is 0.751. The van der Waals surface area contributed by atoms with E-state index in [1.807, 2.05) is 13.1 Å². The molecule has 0 aliphatic rings. The fourth-order valence-corrected chi connectivity index (χ4v) is 4.66. The first-order chi connectivity index (χ1) is 8.81. The first-order valence-electron chi connectivity index (χ1n) is 6.93. The Kier molecular flexibility index (Phi) is 3.81. The summed E-state index contributed by atoms with van der Waals surface area (Å²) in [4.78, 5) is 4.67. The van der Waals surface area contributed by atoms with Crippen LogP contribution in [0.1, 0.15) is 25.1 Å².